The summed E-state index contributed by atoms with van der Waals surface area (Å²) in [6.45, 7) is 1.83. The van der Waals surface area contributed by atoms with Crippen molar-refractivity contribution in [3.63, 3.8) is 0 Å². The largest absolute Gasteiger partial charge is 0.382 e. The average Bonchev–Trinajstić information content (AvgIpc) is 3.32. The maximum atomic E-state index is 14.2. The number of H-pyrrole nitrogens is 1. The van der Waals surface area contributed by atoms with Gasteiger partial charge >= 0.3 is 5.65 Å². The first-order valence-corrected chi connectivity index (χ1v) is 12.6. The topological polar surface area (TPSA) is 123 Å². The number of nitrogens with one attached hydrogen (secondary N) is 2. The second kappa shape index (κ2) is 10.2. The third-order valence-corrected chi connectivity index (χ3v) is 6.58. The Kier molecular flexibility index (Phi) is 6.26. The number of amides is 1. The van der Waals surface area contributed by atoms with E-state index in [4.69, 9.17) is 5.73 Å². The van der Waals surface area contributed by atoms with Crippen molar-refractivity contribution in [2.45, 2.75) is 13.0 Å². The molecule has 0 aliphatic carbocycles. The lowest BCUT2D eigenvalue weighted by molar-refractivity contribution is -0.577. The number of pyridine rings is 2. The molecule has 0 saturated heterocycles. The second-order valence-corrected chi connectivity index (χ2v) is 9.19. The average molecular weight is 527 g/mol. The predicted molar refractivity (Wildman–Crippen MR) is 152 cm³/mol. The van der Waals surface area contributed by atoms with Crippen LogP contribution < -0.4 is 21.1 Å². The second-order valence-electron chi connectivity index (χ2n) is 9.19. The van der Waals surface area contributed by atoms with E-state index in [1.807, 2.05) is 79.7 Å². The van der Waals surface area contributed by atoms with Crippen LogP contribution >= 0.6 is 0 Å². The number of nitrogen functional groups attached to an aromatic ring is 1. The van der Waals surface area contributed by atoms with Gasteiger partial charge in [0.25, 0.3) is 11.5 Å². The summed E-state index contributed by atoms with van der Waals surface area (Å²) in [4.78, 5) is 36.1. The molecule has 0 bridgehead atoms. The number of para-hydroxylation sites is 1. The van der Waals surface area contributed by atoms with E-state index in [0.717, 1.165) is 0 Å². The molecule has 4 heterocycles. The molecule has 6 rings (SSSR count). The number of hydrogen-bond donors (Lipinski definition) is 3. The lowest BCUT2D eigenvalue weighted by Gasteiger charge is -2.21. The van der Waals surface area contributed by atoms with Gasteiger partial charge in [0, 0.05) is 29.2 Å². The Morgan fingerprint density at radius 3 is 2.60 bits per heavy atom. The van der Waals surface area contributed by atoms with Gasteiger partial charge in [0.2, 0.25) is 0 Å². The van der Waals surface area contributed by atoms with Crippen molar-refractivity contribution in [1.29, 1.82) is 0 Å². The summed E-state index contributed by atoms with van der Waals surface area (Å²) in [6.07, 6.45) is 4.99. The molecule has 0 spiro atoms. The number of fused-ring (bicyclic) bond motifs is 2. The first-order chi connectivity index (χ1) is 19.5. The van der Waals surface area contributed by atoms with E-state index in [1.165, 1.54) is 0 Å². The monoisotopic (exact) mass is 526 g/mol. The standard InChI is InChI=1S/C31H23N7O2/c1-20(35-30(39)27-28(32)36-37-18-8-17-34-29(27)37)25-19-22-10-7-9-21(14-15-23-11-5-6-16-33-23)26(22)31(40)38(25)24-12-3-2-4-13-24/h2-13,16-20H,1H3,(H3,32,35,36,39)/p+1. The van der Waals surface area contributed by atoms with Crippen molar-refractivity contribution in [1.82, 2.24) is 25.0 Å². The highest BCUT2D eigenvalue weighted by Crippen LogP contribution is 2.24. The fraction of sp³-hybridized carbons (Fsp3) is 0.0645. The van der Waals surface area contributed by atoms with Gasteiger partial charge in [-0.25, -0.2) is 10.1 Å². The Morgan fingerprint density at radius 1 is 1.00 bits per heavy atom. The van der Waals surface area contributed by atoms with Crippen LogP contribution in [-0.2, 0) is 0 Å². The van der Waals surface area contributed by atoms with Crippen LogP contribution in [0, 0.1) is 11.8 Å². The van der Waals surface area contributed by atoms with E-state index in [0.29, 0.717) is 39.1 Å². The SMILES string of the molecule is CC(NC(=O)c1c(N)[nH][n+]2cccnc12)c1cc2cccc(C#Cc3ccccn3)c2c(=O)n1-c1ccccc1. The molecule has 6 aromatic rings. The minimum atomic E-state index is -0.564. The van der Waals surface area contributed by atoms with Crippen LogP contribution in [0.1, 0.15) is 40.3 Å². The molecule has 0 aliphatic rings. The molecule has 9 nitrogen and oxygen atoms in total. The van der Waals surface area contributed by atoms with Gasteiger partial charge in [0.05, 0.1) is 11.4 Å². The Bertz CT molecular complexity index is 2000. The molecule has 0 radical (unpaired) electrons. The van der Waals surface area contributed by atoms with Crippen LogP contribution in [-0.4, -0.2) is 25.5 Å². The Labute approximate surface area is 228 Å². The molecule has 1 atom stereocenters. The van der Waals surface area contributed by atoms with Gasteiger partial charge < -0.3 is 11.1 Å². The van der Waals surface area contributed by atoms with Crippen molar-refractivity contribution in [2.24, 2.45) is 0 Å². The highest BCUT2D eigenvalue weighted by Gasteiger charge is 2.27. The third-order valence-electron chi connectivity index (χ3n) is 6.58. The molecule has 9 heteroatoms. The molecule has 194 valence electrons. The zero-order valence-electron chi connectivity index (χ0n) is 21.5. The van der Waals surface area contributed by atoms with Gasteiger partial charge in [-0.1, -0.05) is 42.3 Å². The molecule has 0 aliphatic heterocycles. The minimum Gasteiger partial charge on any atom is -0.382 e. The third kappa shape index (κ3) is 4.44. The van der Waals surface area contributed by atoms with Crippen molar-refractivity contribution in [3.8, 4) is 17.5 Å². The predicted octanol–water partition coefficient (Wildman–Crippen LogP) is 3.32. The van der Waals surface area contributed by atoms with E-state index >= 15 is 0 Å². The zero-order chi connectivity index (χ0) is 27.6. The van der Waals surface area contributed by atoms with Gasteiger partial charge in [-0.3, -0.25) is 14.2 Å². The number of aromatic nitrogens is 5. The smallest absolute Gasteiger partial charge is 0.362 e. The molecule has 4 N–H and O–H groups in total. The molecule has 40 heavy (non-hydrogen) atoms. The van der Waals surface area contributed by atoms with E-state index in [9.17, 15) is 9.59 Å². The number of nitrogens with zero attached hydrogens (tertiary/aromatic N) is 4. The van der Waals surface area contributed by atoms with Crippen LogP contribution in [0.25, 0.3) is 22.1 Å². The Morgan fingerprint density at radius 2 is 1.80 bits per heavy atom. The fourth-order valence-electron chi connectivity index (χ4n) is 4.74. The molecule has 1 amide bonds. The number of rotatable bonds is 4. The van der Waals surface area contributed by atoms with Gasteiger partial charge in [0.1, 0.15) is 18.1 Å². The fourth-order valence-corrected chi connectivity index (χ4v) is 4.74. The molecular formula is C31H24N7O2+. The van der Waals surface area contributed by atoms with Gasteiger partial charge in [-0.2, -0.15) is 0 Å². The minimum absolute atomic E-state index is 0.193. The summed E-state index contributed by atoms with van der Waals surface area (Å²) in [5.74, 6) is 5.95. The Hall–Kier alpha value is -5.75. The molecule has 0 fully saturated rings. The van der Waals surface area contributed by atoms with E-state index in [2.05, 4.69) is 32.2 Å². The molecule has 0 saturated carbocycles. The molecule has 1 unspecified atom stereocenters. The normalized spacial score (nSPS) is 11.6. The number of hydrogen-bond acceptors (Lipinski definition) is 5. The van der Waals surface area contributed by atoms with Crippen LogP contribution in [0.5, 0.6) is 0 Å². The summed E-state index contributed by atoms with van der Waals surface area (Å²) in [5, 5.41) is 7.12. The summed E-state index contributed by atoms with van der Waals surface area (Å²) in [5.41, 5.74) is 8.99. The van der Waals surface area contributed by atoms with Gasteiger partial charge in [-0.05, 0) is 59.6 Å². The lowest BCUT2D eigenvalue weighted by atomic mass is 10.0. The maximum Gasteiger partial charge on any atom is 0.362 e. The van der Waals surface area contributed by atoms with E-state index in [1.54, 1.807) is 33.7 Å². The Balaban J connectivity index is 1.48. The number of benzene rings is 2. The van der Waals surface area contributed by atoms with Crippen molar-refractivity contribution in [3.05, 3.63) is 130 Å². The highest BCUT2D eigenvalue weighted by molar-refractivity contribution is 6.03. The highest BCUT2D eigenvalue weighted by atomic mass is 16.2. The van der Waals surface area contributed by atoms with Crippen molar-refractivity contribution in [2.75, 3.05) is 5.73 Å². The van der Waals surface area contributed by atoms with Crippen LogP contribution in [0.15, 0.2) is 102 Å². The first-order valence-electron chi connectivity index (χ1n) is 12.6. The first kappa shape index (κ1) is 24.6. The lowest BCUT2D eigenvalue weighted by Crippen LogP contribution is -2.33. The van der Waals surface area contributed by atoms with E-state index in [-0.39, 0.29) is 16.9 Å². The van der Waals surface area contributed by atoms with Gasteiger partial charge in [-0.15, -0.1) is 4.52 Å². The van der Waals surface area contributed by atoms with Crippen LogP contribution in [0.3, 0.4) is 0 Å². The maximum absolute atomic E-state index is 14.2. The number of aromatic amines is 1. The van der Waals surface area contributed by atoms with Crippen LogP contribution in [0.4, 0.5) is 5.82 Å². The number of carbonyl (C=O) groups is 1. The van der Waals surface area contributed by atoms with Crippen molar-refractivity contribution >= 4 is 28.1 Å². The number of carbonyl (C=O) groups excluding carboxylic acids is 1. The number of anilines is 1. The summed E-state index contributed by atoms with van der Waals surface area (Å²) in [7, 11) is 0. The number of nitrogens with two attached hydrogens (primary N) is 1. The van der Waals surface area contributed by atoms with Crippen molar-refractivity contribution < 1.29 is 9.31 Å². The summed E-state index contributed by atoms with van der Waals surface area (Å²) in [6, 6.07) is 23.5. The molecule has 4 aromatic heterocycles. The quantitative estimate of drug-likeness (QED) is 0.240. The summed E-state index contributed by atoms with van der Waals surface area (Å²) < 4.78 is 3.20. The van der Waals surface area contributed by atoms with Crippen LogP contribution in [0.2, 0.25) is 0 Å². The molecule has 2 aromatic carbocycles. The zero-order valence-corrected chi connectivity index (χ0v) is 21.5. The summed E-state index contributed by atoms with van der Waals surface area (Å²) >= 11 is 0. The van der Waals surface area contributed by atoms with Gasteiger partial charge in [0.15, 0.2) is 11.4 Å². The molecular weight excluding hydrogens is 502 g/mol. The van der Waals surface area contributed by atoms with E-state index < -0.39 is 11.9 Å².